The van der Waals surface area contributed by atoms with Crippen molar-refractivity contribution in [3.05, 3.63) is 95.8 Å². The maximum absolute atomic E-state index is 13.4. The van der Waals surface area contributed by atoms with Gasteiger partial charge in [-0.2, -0.15) is 0 Å². The number of anilines is 1. The molecule has 3 aromatic rings. The number of hydrogen-bond acceptors (Lipinski definition) is 4. The van der Waals surface area contributed by atoms with Crippen molar-refractivity contribution in [3.8, 4) is 0 Å². The minimum absolute atomic E-state index is 0.139. The van der Waals surface area contributed by atoms with Crippen LogP contribution < -0.4 is 10.0 Å². The number of nitrogens with zero attached hydrogens (tertiary/aromatic N) is 1. The van der Waals surface area contributed by atoms with Crippen LogP contribution in [0.15, 0.2) is 83.8 Å². The average molecular weight is 522 g/mol. The molecule has 7 nitrogen and oxygen atoms in total. The second-order valence-electron chi connectivity index (χ2n) is 10.0. The summed E-state index contributed by atoms with van der Waals surface area (Å²) >= 11 is 0. The molecular weight excluding hydrogens is 493 g/mol. The Hall–Kier alpha value is -3.56. The maximum atomic E-state index is 13.4. The van der Waals surface area contributed by atoms with E-state index in [-0.39, 0.29) is 22.4 Å². The van der Waals surface area contributed by atoms with Crippen LogP contribution in [-0.2, 0) is 21.2 Å². The lowest BCUT2D eigenvalue weighted by Crippen LogP contribution is -2.67. The number of carbonyl (C=O) groups excluding carboxylic acids is 2. The van der Waals surface area contributed by atoms with Crippen molar-refractivity contribution in [1.82, 2.24) is 9.62 Å². The van der Waals surface area contributed by atoms with E-state index in [0.29, 0.717) is 11.6 Å². The summed E-state index contributed by atoms with van der Waals surface area (Å²) < 4.78 is 41.7. The fourth-order valence-corrected chi connectivity index (χ4v) is 6.50. The van der Waals surface area contributed by atoms with E-state index < -0.39 is 33.7 Å². The lowest BCUT2D eigenvalue weighted by Gasteiger charge is -2.61. The van der Waals surface area contributed by atoms with E-state index in [1.165, 1.54) is 60.5 Å². The molecule has 1 atom stereocenters. The van der Waals surface area contributed by atoms with Crippen molar-refractivity contribution in [2.24, 2.45) is 5.92 Å². The third-order valence-electron chi connectivity index (χ3n) is 7.27. The molecule has 3 saturated carbocycles. The van der Waals surface area contributed by atoms with Crippen LogP contribution in [0.5, 0.6) is 0 Å². The Kier molecular flexibility index (Phi) is 6.59. The Labute approximate surface area is 215 Å². The molecule has 2 N–H and O–H groups in total. The number of amides is 2. The van der Waals surface area contributed by atoms with Crippen LogP contribution in [0.3, 0.4) is 0 Å². The van der Waals surface area contributed by atoms with Gasteiger partial charge in [-0.05, 0) is 79.3 Å². The van der Waals surface area contributed by atoms with Gasteiger partial charge in [0.25, 0.3) is 5.91 Å². The predicted octanol–water partition coefficient (Wildman–Crippen LogP) is 3.98. The molecule has 1 unspecified atom stereocenters. The second-order valence-corrected chi connectivity index (χ2v) is 11.7. The van der Waals surface area contributed by atoms with Gasteiger partial charge in [-0.25, -0.2) is 17.5 Å². The van der Waals surface area contributed by atoms with Gasteiger partial charge in [0.15, 0.2) is 0 Å². The second kappa shape index (κ2) is 9.72. The van der Waals surface area contributed by atoms with Crippen LogP contribution in [-0.4, -0.2) is 43.8 Å². The zero-order chi connectivity index (χ0) is 26.2. The van der Waals surface area contributed by atoms with Crippen molar-refractivity contribution in [2.75, 3.05) is 12.4 Å². The number of sulfonamides is 1. The zero-order valence-electron chi connectivity index (χ0n) is 20.4. The third-order valence-corrected chi connectivity index (χ3v) is 8.87. The highest BCUT2D eigenvalue weighted by Gasteiger charge is 2.58. The molecule has 0 aromatic heterocycles. The van der Waals surface area contributed by atoms with Gasteiger partial charge in [0, 0.05) is 30.3 Å². The molecular formula is C28H28FN3O4S. The van der Waals surface area contributed by atoms with Crippen molar-refractivity contribution >= 4 is 27.5 Å². The zero-order valence-corrected chi connectivity index (χ0v) is 21.2. The van der Waals surface area contributed by atoms with E-state index in [9.17, 15) is 22.4 Å². The highest BCUT2D eigenvalue weighted by atomic mass is 32.2. The first-order valence-electron chi connectivity index (χ1n) is 12.2. The quantitative estimate of drug-likeness (QED) is 0.445. The molecule has 2 amide bonds. The molecule has 0 spiro atoms. The van der Waals surface area contributed by atoms with E-state index >= 15 is 0 Å². The molecule has 0 saturated heterocycles. The summed E-state index contributed by atoms with van der Waals surface area (Å²) in [5.41, 5.74) is 1.26. The number of hydrogen-bond donors (Lipinski definition) is 2. The first kappa shape index (κ1) is 25.1. The van der Waals surface area contributed by atoms with Gasteiger partial charge in [0.05, 0.1) is 4.90 Å². The number of likely N-dealkylation sites (N-methyl/N-ethyl adjacent to an activating group) is 1. The standard InChI is InChI=1S/C28H28FN3O4S/c1-32(27(34)21-7-9-22(29)10-8-21)25(15-19-5-3-2-4-6-19)26(33)30-23-11-13-24(14-12-23)37(35,36)31-28-16-20(17-28)18-28/h2-14,20,25,31H,15-18H2,1H3,(H,30,33). The van der Waals surface area contributed by atoms with Crippen LogP contribution in [0, 0.1) is 11.7 Å². The topological polar surface area (TPSA) is 95.6 Å². The SMILES string of the molecule is CN(C(=O)c1ccc(F)cc1)C(Cc1ccccc1)C(=O)Nc1ccc(S(=O)(=O)NC23CC(C2)C3)cc1. The Morgan fingerprint density at radius 1 is 0.973 bits per heavy atom. The van der Waals surface area contributed by atoms with Crippen molar-refractivity contribution in [1.29, 1.82) is 0 Å². The van der Waals surface area contributed by atoms with Crippen LogP contribution in [0.25, 0.3) is 0 Å². The molecule has 0 heterocycles. The van der Waals surface area contributed by atoms with Crippen LogP contribution in [0.4, 0.5) is 10.1 Å². The van der Waals surface area contributed by atoms with Crippen LogP contribution >= 0.6 is 0 Å². The number of benzene rings is 3. The highest BCUT2D eigenvalue weighted by molar-refractivity contribution is 7.89. The highest BCUT2D eigenvalue weighted by Crippen LogP contribution is 2.57. The Morgan fingerprint density at radius 2 is 1.59 bits per heavy atom. The number of halogens is 1. The van der Waals surface area contributed by atoms with Gasteiger partial charge >= 0.3 is 0 Å². The summed E-state index contributed by atoms with van der Waals surface area (Å²) in [6, 6.07) is 19.6. The summed E-state index contributed by atoms with van der Waals surface area (Å²) in [5.74, 6) is -0.651. The molecule has 0 radical (unpaired) electrons. The van der Waals surface area contributed by atoms with E-state index in [0.717, 1.165) is 24.8 Å². The minimum Gasteiger partial charge on any atom is -0.329 e. The van der Waals surface area contributed by atoms with Gasteiger partial charge in [-0.1, -0.05) is 30.3 Å². The number of nitrogens with one attached hydrogen (secondary N) is 2. The van der Waals surface area contributed by atoms with Crippen molar-refractivity contribution in [3.63, 3.8) is 0 Å². The lowest BCUT2D eigenvalue weighted by molar-refractivity contribution is -0.120. The molecule has 2 bridgehead atoms. The molecule has 3 aliphatic rings. The average Bonchev–Trinajstić information content (AvgIpc) is 2.85. The van der Waals surface area contributed by atoms with Crippen molar-refractivity contribution < 1.29 is 22.4 Å². The van der Waals surface area contributed by atoms with E-state index in [1.807, 2.05) is 30.3 Å². The Bertz CT molecular complexity index is 1390. The van der Waals surface area contributed by atoms with Crippen LogP contribution in [0.1, 0.15) is 35.2 Å². The van der Waals surface area contributed by atoms with Gasteiger partial charge in [0.1, 0.15) is 11.9 Å². The maximum Gasteiger partial charge on any atom is 0.254 e. The van der Waals surface area contributed by atoms with E-state index in [2.05, 4.69) is 10.0 Å². The normalized spacial score (nSPS) is 20.8. The summed E-state index contributed by atoms with van der Waals surface area (Å²) in [7, 11) is -2.11. The summed E-state index contributed by atoms with van der Waals surface area (Å²) in [5, 5.41) is 2.81. The predicted molar refractivity (Wildman–Crippen MR) is 138 cm³/mol. The fraction of sp³-hybridized carbons (Fsp3) is 0.286. The van der Waals surface area contributed by atoms with Crippen LogP contribution in [0.2, 0.25) is 0 Å². The molecule has 6 rings (SSSR count). The largest absolute Gasteiger partial charge is 0.329 e. The number of carbonyl (C=O) groups is 2. The lowest BCUT2D eigenvalue weighted by atomic mass is 9.50. The van der Waals surface area contributed by atoms with E-state index in [4.69, 9.17) is 0 Å². The molecule has 0 aliphatic heterocycles. The molecule has 3 aliphatic carbocycles. The molecule has 37 heavy (non-hydrogen) atoms. The third kappa shape index (κ3) is 5.28. The first-order chi connectivity index (χ1) is 17.6. The monoisotopic (exact) mass is 521 g/mol. The fourth-order valence-electron chi connectivity index (χ4n) is 5.07. The van der Waals surface area contributed by atoms with Crippen molar-refractivity contribution in [2.45, 2.75) is 42.2 Å². The molecule has 9 heteroatoms. The van der Waals surface area contributed by atoms with Gasteiger partial charge < -0.3 is 10.2 Å². The minimum atomic E-state index is -3.64. The summed E-state index contributed by atoms with van der Waals surface area (Å²) in [4.78, 5) is 27.9. The molecule has 192 valence electrons. The molecule has 3 fully saturated rings. The first-order valence-corrected chi connectivity index (χ1v) is 13.6. The van der Waals surface area contributed by atoms with Gasteiger partial charge in [-0.3, -0.25) is 9.59 Å². The summed E-state index contributed by atoms with van der Waals surface area (Å²) in [6.07, 6.45) is 2.95. The Morgan fingerprint density at radius 3 is 2.16 bits per heavy atom. The Balaban J connectivity index is 1.32. The summed E-state index contributed by atoms with van der Waals surface area (Å²) in [6.45, 7) is 0. The molecule has 3 aromatic carbocycles. The van der Waals surface area contributed by atoms with Gasteiger partial charge in [-0.15, -0.1) is 0 Å². The van der Waals surface area contributed by atoms with E-state index in [1.54, 1.807) is 0 Å². The smallest absolute Gasteiger partial charge is 0.254 e. The number of rotatable bonds is 9. The van der Waals surface area contributed by atoms with Gasteiger partial charge in [0.2, 0.25) is 15.9 Å².